The lowest BCUT2D eigenvalue weighted by Crippen LogP contribution is -2.33. The van der Waals surface area contributed by atoms with Gasteiger partial charge in [-0.25, -0.2) is 8.78 Å². The van der Waals surface area contributed by atoms with E-state index in [0.29, 0.717) is 12.0 Å². The highest BCUT2D eigenvalue weighted by Crippen LogP contribution is 2.22. The maximum atomic E-state index is 13.7. The summed E-state index contributed by atoms with van der Waals surface area (Å²) in [6.45, 7) is 2.81. The Labute approximate surface area is 130 Å². The van der Waals surface area contributed by atoms with E-state index in [0.717, 1.165) is 23.5 Å². The van der Waals surface area contributed by atoms with Crippen molar-refractivity contribution in [2.75, 3.05) is 6.54 Å². The number of nitrogens with one attached hydrogen (secondary N) is 1. The smallest absolute Gasteiger partial charge is 0.162 e. The Balaban J connectivity index is 2.10. The zero-order valence-corrected chi connectivity index (χ0v) is 13.5. The SMILES string of the molecule is CCNC(Cc1cc(Br)cs1)Cc1cccc(F)c1F. The number of rotatable bonds is 6. The quantitative estimate of drug-likeness (QED) is 0.797. The molecule has 1 atom stereocenters. The third kappa shape index (κ3) is 4.11. The van der Waals surface area contributed by atoms with Crippen LogP contribution >= 0.6 is 27.3 Å². The van der Waals surface area contributed by atoms with Crippen LogP contribution in [-0.2, 0) is 12.8 Å². The van der Waals surface area contributed by atoms with Crippen LogP contribution < -0.4 is 5.32 Å². The van der Waals surface area contributed by atoms with Gasteiger partial charge in [-0.3, -0.25) is 0 Å². The highest BCUT2D eigenvalue weighted by atomic mass is 79.9. The van der Waals surface area contributed by atoms with Gasteiger partial charge in [0.2, 0.25) is 0 Å². The van der Waals surface area contributed by atoms with E-state index in [1.807, 2.05) is 12.3 Å². The molecule has 0 fully saturated rings. The molecule has 1 aromatic heterocycles. The molecule has 20 heavy (non-hydrogen) atoms. The molecule has 0 spiro atoms. The number of benzene rings is 1. The fourth-order valence-corrected chi connectivity index (χ4v) is 3.71. The van der Waals surface area contributed by atoms with Crippen LogP contribution in [0.25, 0.3) is 0 Å². The van der Waals surface area contributed by atoms with E-state index in [9.17, 15) is 8.78 Å². The van der Waals surface area contributed by atoms with Crippen LogP contribution in [0, 0.1) is 11.6 Å². The summed E-state index contributed by atoms with van der Waals surface area (Å²) in [5.41, 5.74) is 0.423. The molecule has 0 bridgehead atoms. The number of hydrogen-bond acceptors (Lipinski definition) is 2. The fourth-order valence-electron chi connectivity index (χ4n) is 2.18. The highest BCUT2D eigenvalue weighted by molar-refractivity contribution is 9.10. The van der Waals surface area contributed by atoms with E-state index in [4.69, 9.17) is 0 Å². The van der Waals surface area contributed by atoms with Gasteiger partial charge in [0.05, 0.1) is 0 Å². The summed E-state index contributed by atoms with van der Waals surface area (Å²) >= 11 is 5.10. The number of likely N-dealkylation sites (N-methyl/N-ethyl adjacent to an activating group) is 1. The summed E-state index contributed by atoms with van der Waals surface area (Å²) in [4.78, 5) is 1.22. The van der Waals surface area contributed by atoms with Gasteiger partial charge in [-0.05, 0) is 53.0 Å². The Morgan fingerprint density at radius 2 is 2.10 bits per heavy atom. The van der Waals surface area contributed by atoms with Crippen molar-refractivity contribution >= 4 is 27.3 Å². The summed E-state index contributed by atoms with van der Waals surface area (Å²) < 4.78 is 28.0. The largest absolute Gasteiger partial charge is 0.314 e. The molecule has 0 saturated heterocycles. The molecule has 5 heteroatoms. The van der Waals surface area contributed by atoms with E-state index >= 15 is 0 Å². The van der Waals surface area contributed by atoms with Gasteiger partial charge in [0, 0.05) is 20.8 Å². The molecule has 1 nitrogen and oxygen atoms in total. The summed E-state index contributed by atoms with van der Waals surface area (Å²) in [7, 11) is 0. The lowest BCUT2D eigenvalue weighted by atomic mass is 10.0. The number of thiophene rings is 1. The van der Waals surface area contributed by atoms with Crippen LogP contribution in [0.4, 0.5) is 8.78 Å². The molecule has 0 aliphatic carbocycles. The van der Waals surface area contributed by atoms with Gasteiger partial charge in [0.1, 0.15) is 0 Å². The molecule has 108 valence electrons. The highest BCUT2D eigenvalue weighted by Gasteiger charge is 2.15. The lowest BCUT2D eigenvalue weighted by molar-refractivity contribution is 0.475. The van der Waals surface area contributed by atoms with E-state index in [2.05, 4.69) is 27.3 Å². The molecule has 1 N–H and O–H groups in total. The molecule has 0 radical (unpaired) electrons. The fraction of sp³-hybridized carbons (Fsp3) is 0.333. The van der Waals surface area contributed by atoms with Crippen molar-refractivity contribution < 1.29 is 8.78 Å². The first kappa shape index (κ1) is 15.6. The van der Waals surface area contributed by atoms with Gasteiger partial charge in [-0.2, -0.15) is 0 Å². The second-order valence-electron chi connectivity index (χ2n) is 4.61. The van der Waals surface area contributed by atoms with Crippen LogP contribution in [0.15, 0.2) is 34.1 Å². The first-order valence-corrected chi connectivity index (χ1v) is 8.16. The van der Waals surface area contributed by atoms with E-state index in [1.54, 1.807) is 23.5 Å². The minimum Gasteiger partial charge on any atom is -0.314 e. The van der Waals surface area contributed by atoms with E-state index in [-0.39, 0.29) is 6.04 Å². The average Bonchev–Trinajstić information content (AvgIpc) is 2.81. The van der Waals surface area contributed by atoms with Crippen LogP contribution in [0.1, 0.15) is 17.4 Å². The molecule has 1 unspecified atom stereocenters. The molecule has 2 rings (SSSR count). The molecular formula is C15H16BrF2NS. The minimum absolute atomic E-state index is 0.0989. The molecular weight excluding hydrogens is 344 g/mol. The predicted octanol–water partition coefficient (Wildman–Crippen LogP) is 4.55. The topological polar surface area (TPSA) is 12.0 Å². The van der Waals surface area contributed by atoms with Gasteiger partial charge in [-0.15, -0.1) is 11.3 Å². The number of hydrogen-bond donors (Lipinski definition) is 1. The van der Waals surface area contributed by atoms with Crippen molar-refractivity contribution in [1.82, 2.24) is 5.32 Å². The summed E-state index contributed by atoms with van der Waals surface area (Å²) in [5.74, 6) is -1.51. The summed E-state index contributed by atoms with van der Waals surface area (Å²) in [5, 5.41) is 5.37. The van der Waals surface area contributed by atoms with Crippen molar-refractivity contribution in [3.8, 4) is 0 Å². The minimum atomic E-state index is -0.781. The van der Waals surface area contributed by atoms with Crippen molar-refractivity contribution in [1.29, 1.82) is 0 Å². The first-order chi connectivity index (χ1) is 9.60. The molecule has 1 heterocycles. The van der Waals surface area contributed by atoms with Crippen LogP contribution in [0.5, 0.6) is 0 Å². The summed E-state index contributed by atoms with van der Waals surface area (Å²) in [6.07, 6.45) is 1.28. The van der Waals surface area contributed by atoms with Crippen molar-refractivity contribution in [3.05, 3.63) is 56.2 Å². The molecule has 2 aromatic rings. The normalized spacial score (nSPS) is 12.6. The third-order valence-corrected chi connectivity index (χ3v) is 4.78. The Bertz CT molecular complexity index is 571. The number of halogens is 3. The second-order valence-corrected chi connectivity index (χ2v) is 6.52. The Morgan fingerprint density at radius 3 is 2.75 bits per heavy atom. The lowest BCUT2D eigenvalue weighted by Gasteiger charge is -2.17. The first-order valence-electron chi connectivity index (χ1n) is 6.49. The van der Waals surface area contributed by atoms with Gasteiger partial charge >= 0.3 is 0 Å². The van der Waals surface area contributed by atoms with E-state index < -0.39 is 11.6 Å². The van der Waals surface area contributed by atoms with Gasteiger partial charge < -0.3 is 5.32 Å². The Hall–Kier alpha value is -0.780. The van der Waals surface area contributed by atoms with Crippen molar-refractivity contribution in [2.24, 2.45) is 0 Å². The van der Waals surface area contributed by atoms with Crippen LogP contribution in [-0.4, -0.2) is 12.6 Å². The predicted molar refractivity (Wildman–Crippen MR) is 83.2 cm³/mol. The van der Waals surface area contributed by atoms with Gasteiger partial charge in [0.15, 0.2) is 11.6 Å². The molecule has 0 saturated carbocycles. The molecule has 1 aromatic carbocycles. The average molecular weight is 360 g/mol. The van der Waals surface area contributed by atoms with Crippen molar-refractivity contribution in [2.45, 2.75) is 25.8 Å². The van der Waals surface area contributed by atoms with Gasteiger partial charge in [0.25, 0.3) is 0 Å². The second kappa shape index (κ2) is 7.29. The van der Waals surface area contributed by atoms with Gasteiger partial charge in [-0.1, -0.05) is 19.1 Å². The standard InChI is InChI=1S/C15H16BrF2NS/c1-2-19-12(8-13-7-11(16)9-20-13)6-10-4-3-5-14(17)15(10)18/h3-5,7,9,12,19H,2,6,8H2,1H3. The van der Waals surface area contributed by atoms with Crippen LogP contribution in [0.2, 0.25) is 0 Å². The zero-order chi connectivity index (χ0) is 14.5. The zero-order valence-electron chi connectivity index (χ0n) is 11.1. The third-order valence-electron chi connectivity index (χ3n) is 3.06. The Morgan fingerprint density at radius 1 is 1.30 bits per heavy atom. The Kier molecular flexibility index (Phi) is 5.69. The summed E-state index contributed by atoms with van der Waals surface area (Å²) in [6, 6.07) is 6.52. The van der Waals surface area contributed by atoms with E-state index in [1.165, 1.54) is 4.88 Å². The maximum absolute atomic E-state index is 13.7. The molecule has 0 amide bonds. The molecule has 0 aliphatic heterocycles. The van der Waals surface area contributed by atoms with Crippen LogP contribution in [0.3, 0.4) is 0 Å². The van der Waals surface area contributed by atoms with Crippen molar-refractivity contribution in [3.63, 3.8) is 0 Å². The monoisotopic (exact) mass is 359 g/mol. The molecule has 0 aliphatic rings. The maximum Gasteiger partial charge on any atom is 0.162 e.